The molecule has 0 atom stereocenters. The van der Waals surface area contributed by atoms with Crippen LogP contribution in [0.2, 0.25) is 5.02 Å². The molecular weight excluding hydrogens is 414 g/mol. The molecule has 0 spiro atoms. The van der Waals surface area contributed by atoms with Gasteiger partial charge < -0.3 is 15.1 Å². The van der Waals surface area contributed by atoms with E-state index in [0.29, 0.717) is 28.6 Å². The molecule has 0 saturated carbocycles. The van der Waals surface area contributed by atoms with Gasteiger partial charge in [0.25, 0.3) is 5.91 Å². The van der Waals surface area contributed by atoms with Crippen LogP contribution in [0.15, 0.2) is 42.6 Å². The summed E-state index contributed by atoms with van der Waals surface area (Å²) < 4.78 is 0. The summed E-state index contributed by atoms with van der Waals surface area (Å²) in [4.78, 5) is 23.4. The SMILES string of the molecule is CCN1CCN(c2cc(CNC(=O)c3nn(-c4cccc(Cl)c4)nc3C)ccn2)CC1. The topological polar surface area (TPSA) is 79.2 Å². The maximum atomic E-state index is 12.7. The lowest BCUT2D eigenvalue weighted by Gasteiger charge is -2.34. The fraction of sp³-hybridized carbons (Fsp3) is 0.364. The number of benzene rings is 1. The van der Waals surface area contributed by atoms with Crippen LogP contribution >= 0.6 is 11.6 Å². The first-order valence-corrected chi connectivity index (χ1v) is 10.8. The molecule has 1 fully saturated rings. The minimum Gasteiger partial charge on any atom is -0.354 e. The van der Waals surface area contributed by atoms with E-state index < -0.39 is 0 Å². The Bertz CT molecular complexity index is 1060. The van der Waals surface area contributed by atoms with Crippen LogP contribution in [-0.4, -0.2) is 63.5 Å². The lowest BCUT2D eigenvalue weighted by atomic mass is 10.2. The Morgan fingerprint density at radius 2 is 1.94 bits per heavy atom. The molecule has 0 aliphatic carbocycles. The first kappa shape index (κ1) is 21.3. The molecule has 2 aromatic heterocycles. The number of nitrogens with zero attached hydrogens (tertiary/aromatic N) is 6. The van der Waals surface area contributed by atoms with Crippen LogP contribution in [0.1, 0.15) is 28.7 Å². The first-order chi connectivity index (χ1) is 15.0. The average molecular weight is 440 g/mol. The zero-order chi connectivity index (χ0) is 21.8. The van der Waals surface area contributed by atoms with Gasteiger partial charge in [-0.15, -0.1) is 5.10 Å². The molecule has 1 aliphatic heterocycles. The molecule has 8 nitrogen and oxygen atoms in total. The Kier molecular flexibility index (Phi) is 6.48. The second-order valence-electron chi connectivity index (χ2n) is 7.53. The Labute approximate surface area is 186 Å². The second kappa shape index (κ2) is 9.45. The molecule has 1 aliphatic rings. The monoisotopic (exact) mass is 439 g/mol. The number of hydrogen-bond donors (Lipinski definition) is 1. The van der Waals surface area contributed by atoms with Crippen molar-refractivity contribution >= 4 is 23.3 Å². The first-order valence-electron chi connectivity index (χ1n) is 10.4. The van der Waals surface area contributed by atoms with E-state index in [1.807, 2.05) is 24.3 Å². The number of piperazine rings is 1. The van der Waals surface area contributed by atoms with E-state index >= 15 is 0 Å². The summed E-state index contributed by atoms with van der Waals surface area (Å²) in [5.74, 6) is 0.686. The van der Waals surface area contributed by atoms with Crippen LogP contribution in [0, 0.1) is 6.92 Å². The molecule has 1 amide bonds. The number of likely N-dealkylation sites (N-methyl/N-ethyl adjacent to an activating group) is 1. The van der Waals surface area contributed by atoms with E-state index in [4.69, 9.17) is 11.6 Å². The molecule has 4 rings (SSSR count). The predicted octanol–water partition coefficient (Wildman–Crippen LogP) is 2.70. The second-order valence-corrected chi connectivity index (χ2v) is 7.97. The van der Waals surface area contributed by atoms with E-state index in [1.54, 1.807) is 25.3 Å². The van der Waals surface area contributed by atoms with Gasteiger partial charge >= 0.3 is 0 Å². The largest absolute Gasteiger partial charge is 0.354 e. The molecule has 1 aromatic carbocycles. The minimum absolute atomic E-state index is 0.263. The number of rotatable bonds is 6. The number of amides is 1. The van der Waals surface area contributed by atoms with Crippen molar-refractivity contribution in [2.75, 3.05) is 37.6 Å². The summed E-state index contributed by atoms with van der Waals surface area (Å²) in [6.45, 7) is 9.43. The van der Waals surface area contributed by atoms with E-state index in [9.17, 15) is 4.79 Å². The van der Waals surface area contributed by atoms with E-state index in [1.165, 1.54) is 4.80 Å². The molecule has 9 heteroatoms. The zero-order valence-corrected chi connectivity index (χ0v) is 18.5. The van der Waals surface area contributed by atoms with Crippen LogP contribution in [-0.2, 0) is 6.54 Å². The molecule has 0 radical (unpaired) electrons. The van der Waals surface area contributed by atoms with Crippen LogP contribution in [0.4, 0.5) is 5.82 Å². The number of hydrogen-bond acceptors (Lipinski definition) is 6. The summed E-state index contributed by atoms with van der Waals surface area (Å²) in [7, 11) is 0. The number of carbonyl (C=O) groups excluding carboxylic acids is 1. The summed E-state index contributed by atoms with van der Waals surface area (Å²) >= 11 is 6.05. The van der Waals surface area contributed by atoms with Crippen molar-refractivity contribution in [2.24, 2.45) is 0 Å². The standard InChI is InChI=1S/C22H26ClN7O/c1-3-28-9-11-29(12-10-28)20-13-17(7-8-24-20)15-25-22(31)21-16(2)26-30(27-21)19-6-4-5-18(23)14-19/h4-8,13-14H,3,9-12,15H2,1-2H3,(H,25,31). The van der Waals surface area contributed by atoms with Gasteiger partial charge in [0.1, 0.15) is 5.82 Å². The minimum atomic E-state index is -0.263. The van der Waals surface area contributed by atoms with Crippen LogP contribution < -0.4 is 10.2 Å². The normalized spacial score (nSPS) is 14.6. The lowest BCUT2D eigenvalue weighted by molar-refractivity contribution is 0.0945. The van der Waals surface area contributed by atoms with Gasteiger partial charge in [-0.05, 0) is 49.4 Å². The third kappa shape index (κ3) is 5.03. The van der Waals surface area contributed by atoms with Crippen LogP contribution in [0.5, 0.6) is 0 Å². The predicted molar refractivity (Wildman–Crippen MR) is 121 cm³/mol. The molecule has 1 saturated heterocycles. The van der Waals surface area contributed by atoms with Gasteiger partial charge in [-0.3, -0.25) is 4.79 Å². The number of pyridine rings is 1. The van der Waals surface area contributed by atoms with Gasteiger partial charge in [-0.2, -0.15) is 9.90 Å². The van der Waals surface area contributed by atoms with Gasteiger partial charge in [0.2, 0.25) is 0 Å². The van der Waals surface area contributed by atoms with Crippen LogP contribution in [0.3, 0.4) is 0 Å². The maximum absolute atomic E-state index is 12.7. The lowest BCUT2D eigenvalue weighted by Crippen LogP contribution is -2.46. The van der Waals surface area contributed by atoms with E-state index in [2.05, 4.69) is 37.2 Å². The van der Waals surface area contributed by atoms with Crippen LogP contribution in [0.25, 0.3) is 5.69 Å². The zero-order valence-electron chi connectivity index (χ0n) is 17.8. The number of halogens is 1. The van der Waals surface area contributed by atoms with Gasteiger partial charge in [-0.1, -0.05) is 24.6 Å². The quantitative estimate of drug-likeness (QED) is 0.636. The Morgan fingerprint density at radius 3 is 2.68 bits per heavy atom. The summed E-state index contributed by atoms with van der Waals surface area (Å²) in [5, 5.41) is 12.2. The van der Waals surface area contributed by atoms with Crippen molar-refractivity contribution < 1.29 is 4.79 Å². The number of aromatic nitrogens is 4. The molecule has 31 heavy (non-hydrogen) atoms. The number of nitrogens with one attached hydrogen (secondary N) is 1. The average Bonchev–Trinajstić information content (AvgIpc) is 3.19. The van der Waals surface area contributed by atoms with Gasteiger partial charge in [0.05, 0.1) is 11.4 Å². The number of aryl methyl sites for hydroxylation is 1. The number of anilines is 1. The fourth-order valence-electron chi connectivity index (χ4n) is 3.61. The fourth-order valence-corrected chi connectivity index (χ4v) is 3.79. The summed E-state index contributed by atoms with van der Waals surface area (Å²) in [5.41, 5.74) is 2.55. The van der Waals surface area contributed by atoms with Gasteiger partial charge in [0, 0.05) is 43.9 Å². The molecule has 3 heterocycles. The third-order valence-electron chi connectivity index (χ3n) is 5.44. The highest BCUT2D eigenvalue weighted by Crippen LogP contribution is 2.16. The molecular formula is C22H26ClN7O. The molecule has 3 aromatic rings. The van der Waals surface area contributed by atoms with Crippen molar-refractivity contribution in [3.05, 3.63) is 64.6 Å². The maximum Gasteiger partial charge on any atom is 0.274 e. The molecule has 162 valence electrons. The number of carbonyl (C=O) groups is 1. The third-order valence-corrected chi connectivity index (χ3v) is 5.68. The van der Waals surface area contributed by atoms with Crippen molar-refractivity contribution in [3.63, 3.8) is 0 Å². The van der Waals surface area contributed by atoms with Crippen molar-refractivity contribution in [3.8, 4) is 5.69 Å². The molecule has 1 N–H and O–H groups in total. The molecule has 0 unspecified atom stereocenters. The van der Waals surface area contributed by atoms with E-state index in [0.717, 1.165) is 44.1 Å². The van der Waals surface area contributed by atoms with Crippen molar-refractivity contribution in [1.82, 2.24) is 30.2 Å². The highest BCUT2D eigenvalue weighted by molar-refractivity contribution is 6.30. The van der Waals surface area contributed by atoms with Gasteiger partial charge in [0.15, 0.2) is 5.69 Å². The highest BCUT2D eigenvalue weighted by Gasteiger charge is 2.18. The van der Waals surface area contributed by atoms with Crippen molar-refractivity contribution in [1.29, 1.82) is 0 Å². The van der Waals surface area contributed by atoms with Gasteiger partial charge in [-0.25, -0.2) is 4.98 Å². The molecule has 0 bridgehead atoms. The Balaban J connectivity index is 1.40. The smallest absolute Gasteiger partial charge is 0.274 e. The van der Waals surface area contributed by atoms with E-state index in [-0.39, 0.29) is 5.91 Å². The van der Waals surface area contributed by atoms with Crippen molar-refractivity contribution in [2.45, 2.75) is 20.4 Å². The summed E-state index contributed by atoms with van der Waals surface area (Å²) in [6.07, 6.45) is 1.80. The Morgan fingerprint density at radius 1 is 1.13 bits per heavy atom. The highest BCUT2D eigenvalue weighted by atomic mass is 35.5. The summed E-state index contributed by atoms with van der Waals surface area (Å²) in [6, 6.07) is 11.1. The Hall–Kier alpha value is -2.97.